The average Bonchev–Trinajstić information content (AvgIpc) is 3.03. The van der Waals surface area contributed by atoms with E-state index in [1.54, 1.807) is 6.07 Å². The Bertz CT molecular complexity index is 516. The van der Waals surface area contributed by atoms with Crippen LogP contribution in [-0.2, 0) is 0 Å². The van der Waals surface area contributed by atoms with Gasteiger partial charge in [0.05, 0.1) is 0 Å². The third kappa shape index (κ3) is 1.44. The van der Waals surface area contributed by atoms with E-state index in [0.29, 0.717) is 23.0 Å². The minimum atomic E-state index is 0.446. The van der Waals surface area contributed by atoms with Crippen LogP contribution in [0.25, 0.3) is 11.5 Å². The summed E-state index contributed by atoms with van der Waals surface area (Å²) in [7, 11) is 0. The molecule has 0 atom stereocenters. The van der Waals surface area contributed by atoms with E-state index in [2.05, 4.69) is 47.2 Å². The van der Waals surface area contributed by atoms with Crippen LogP contribution >= 0.6 is 0 Å². The summed E-state index contributed by atoms with van der Waals surface area (Å²) in [4.78, 5) is 4.34. The van der Waals surface area contributed by atoms with Crippen LogP contribution in [0.2, 0.25) is 0 Å². The summed E-state index contributed by atoms with van der Waals surface area (Å²) in [6.07, 6.45) is 0. The lowest BCUT2D eigenvalue weighted by Gasteiger charge is -2.00. The van der Waals surface area contributed by atoms with Gasteiger partial charge in [0.25, 0.3) is 0 Å². The molecule has 0 spiro atoms. The van der Waals surface area contributed by atoms with E-state index in [1.165, 1.54) is 0 Å². The quantitative estimate of drug-likeness (QED) is 0.485. The normalized spacial score (nSPS) is 14.1. The molecular formula is C7H7N9. The highest BCUT2D eigenvalue weighted by molar-refractivity contribution is 5.97. The second-order valence-electron chi connectivity index (χ2n) is 2.97. The average molecular weight is 217 g/mol. The summed E-state index contributed by atoms with van der Waals surface area (Å²) in [5.74, 6) is 1.05. The van der Waals surface area contributed by atoms with E-state index >= 15 is 0 Å². The Morgan fingerprint density at radius 1 is 1.12 bits per heavy atom. The van der Waals surface area contributed by atoms with Gasteiger partial charge in [-0.05, 0) is 17.3 Å². The smallest absolute Gasteiger partial charge is 0.222 e. The molecule has 2 aromatic heterocycles. The molecule has 0 saturated carbocycles. The number of aromatic amines is 1. The number of amidine groups is 1. The number of aromatic nitrogens is 5. The van der Waals surface area contributed by atoms with Crippen molar-refractivity contribution in [1.82, 2.24) is 42.1 Å². The maximum Gasteiger partial charge on any atom is 0.222 e. The Morgan fingerprint density at radius 3 is 2.81 bits per heavy atom. The molecule has 4 N–H and O–H groups in total. The Kier molecular flexibility index (Phi) is 1.94. The number of nitrogens with zero attached hydrogens (tertiary/aromatic N) is 5. The molecule has 0 bridgehead atoms. The van der Waals surface area contributed by atoms with Crippen LogP contribution in [0.1, 0.15) is 5.69 Å². The molecule has 3 heterocycles. The van der Waals surface area contributed by atoms with E-state index in [-0.39, 0.29) is 0 Å². The number of hydrogen-bond donors (Lipinski definition) is 4. The lowest BCUT2D eigenvalue weighted by atomic mass is 10.3. The van der Waals surface area contributed by atoms with Crippen molar-refractivity contribution in [3.8, 4) is 11.5 Å². The maximum absolute atomic E-state index is 4.34. The molecule has 16 heavy (non-hydrogen) atoms. The van der Waals surface area contributed by atoms with Crippen LogP contribution in [0, 0.1) is 0 Å². The van der Waals surface area contributed by atoms with Gasteiger partial charge < -0.3 is 0 Å². The Balaban J connectivity index is 2.00. The first kappa shape index (κ1) is 8.73. The highest BCUT2D eigenvalue weighted by atomic mass is 15.8. The molecule has 0 unspecified atom stereocenters. The van der Waals surface area contributed by atoms with Crippen LogP contribution < -0.4 is 16.5 Å². The van der Waals surface area contributed by atoms with Gasteiger partial charge in [0, 0.05) is 0 Å². The zero-order valence-electron chi connectivity index (χ0n) is 7.97. The van der Waals surface area contributed by atoms with Crippen molar-refractivity contribution in [2.24, 2.45) is 5.10 Å². The molecule has 80 valence electrons. The predicted molar refractivity (Wildman–Crippen MR) is 53.4 cm³/mol. The molecule has 2 aromatic rings. The van der Waals surface area contributed by atoms with Crippen LogP contribution in [0.4, 0.5) is 0 Å². The van der Waals surface area contributed by atoms with Crippen LogP contribution in [0.3, 0.4) is 0 Å². The van der Waals surface area contributed by atoms with Gasteiger partial charge in [0.1, 0.15) is 11.4 Å². The van der Waals surface area contributed by atoms with Crippen LogP contribution in [0.15, 0.2) is 23.3 Å². The minimum Gasteiger partial charge on any atom is -0.283 e. The van der Waals surface area contributed by atoms with E-state index in [1.807, 2.05) is 12.1 Å². The second kappa shape index (κ2) is 3.55. The summed E-state index contributed by atoms with van der Waals surface area (Å²) in [6.45, 7) is 0. The molecule has 0 aromatic carbocycles. The van der Waals surface area contributed by atoms with Gasteiger partial charge >= 0.3 is 0 Å². The highest BCUT2D eigenvalue weighted by Gasteiger charge is 2.11. The summed E-state index contributed by atoms with van der Waals surface area (Å²) in [5, 5.41) is 17.5. The number of rotatable bonds is 2. The third-order valence-corrected chi connectivity index (χ3v) is 1.97. The molecule has 9 heteroatoms. The first-order chi connectivity index (χ1) is 7.93. The lowest BCUT2D eigenvalue weighted by Crippen LogP contribution is -2.35. The van der Waals surface area contributed by atoms with Crippen molar-refractivity contribution >= 4 is 5.84 Å². The van der Waals surface area contributed by atoms with Crippen molar-refractivity contribution < 1.29 is 0 Å². The summed E-state index contributed by atoms with van der Waals surface area (Å²) < 4.78 is 0. The molecule has 1 aliphatic rings. The van der Waals surface area contributed by atoms with Crippen molar-refractivity contribution in [3.63, 3.8) is 0 Å². The number of nitrogens with one attached hydrogen (secondary N) is 4. The third-order valence-electron chi connectivity index (χ3n) is 1.97. The largest absolute Gasteiger partial charge is 0.283 e. The van der Waals surface area contributed by atoms with Gasteiger partial charge in [-0.15, -0.1) is 20.8 Å². The fraction of sp³-hybridized carbons (Fsp3) is 0. The van der Waals surface area contributed by atoms with Crippen molar-refractivity contribution in [2.75, 3.05) is 0 Å². The fourth-order valence-corrected chi connectivity index (χ4v) is 1.28. The monoisotopic (exact) mass is 217 g/mol. The number of hydrazone groups is 1. The minimum absolute atomic E-state index is 0.446. The van der Waals surface area contributed by atoms with Crippen molar-refractivity contribution in [1.29, 1.82) is 0 Å². The highest BCUT2D eigenvalue weighted by Crippen LogP contribution is 2.10. The topological polar surface area (TPSA) is 116 Å². The molecule has 0 amide bonds. The van der Waals surface area contributed by atoms with Crippen LogP contribution in [-0.4, -0.2) is 31.4 Å². The maximum atomic E-state index is 4.34. The van der Waals surface area contributed by atoms with Gasteiger partial charge in [0.15, 0.2) is 5.84 Å². The van der Waals surface area contributed by atoms with Gasteiger partial charge in [-0.25, -0.2) is 10.5 Å². The Morgan fingerprint density at radius 2 is 2.06 bits per heavy atom. The van der Waals surface area contributed by atoms with Crippen molar-refractivity contribution in [2.45, 2.75) is 0 Å². The zero-order chi connectivity index (χ0) is 10.8. The zero-order valence-corrected chi connectivity index (χ0v) is 7.97. The van der Waals surface area contributed by atoms with Crippen molar-refractivity contribution in [3.05, 3.63) is 23.9 Å². The lowest BCUT2D eigenvalue weighted by molar-refractivity contribution is 0.577. The van der Waals surface area contributed by atoms with Gasteiger partial charge in [-0.3, -0.25) is 5.43 Å². The van der Waals surface area contributed by atoms with E-state index in [9.17, 15) is 0 Å². The Labute approximate surface area is 89.3 Å². The molecule has 1 aliphatic heterocycles. The van der Waals surface area contributed by atoms with Crippen LogP contribution in [0.5, 0.6) is 0 Å². The molecule has 0 radical (unpaired) electrons. The Hall–Kier alpha value is -2.55. The number of hydrogen-bond acceptors (Lipinski definition) is 8. The van der Waals surface area contributed by atoms with E-state index in [0.717, 1.165) is 0 Å². The molecule has 0 saturated heterocycles. The molecular weight excluding hydrogens is 210 g/mol. The van der Waals surface area contributed by atoms with Gasteiger partial charge in [-0.2, -0.15) is 5.21 Å². The summed E-state index contributed by atoms with van der Waals surface area (Å²) >= 11 is 0. The number of H-pyrrole nitrogens is 1. The van der Waals surface area contributed by atoms with Gasteiger partial charge in [-0.1, -0.05) is 6.07 Å². The first-order valence-electron chi connectivity index (χ1n) is 4.48. The summed E-state index contributed by atoms with van der Waals surface area (Å²) in [5.41, 5.74) is 9.31. The predicted octanol–water partition coefficient (Wildman–Crippen LogP) is -1.46. The standard InChI is InChI=1S/C7H7N9/c1-2-4(6-9-13-14-10-6)8-5(3-1)7-11-15-16-12-7/h1-3,13-14H,(H,9,10)(H,11,12,15,16). The number of tetrazole rings is 1. The second-order valence-corrected chi connectivity index (χ2v) is 2.97. The van der Waals surface area contributed by atoms with Gasteiger partial charge in [0.2, 0.25) is 5.82 Å². The number of hydrazine groups is 2. The van der Waals surface area contributed by atoms with E-state index in [4.69, 9.17) is 0 Å². The molecule has 3 rings (SSSR count). The van der Waals surface area contributed by atoms with E-state index < -0.39 is 0 Å². The number of pyridine rings is 1. The fourth-order valence-electron chi connectivity index (χ4n) is 1.28. The SMILES string of the molecule is c1cc(C2=NNNN2)nc(-c2nn[nH]n2)c1. The first-order valence-corrected chi connectivity index (χ1v) is 4.48. The molecule has 0 fully saturated rings. The molecule has 0 aliphatic carbocycles. The summed E-state index contributed by atoms with van der Waals surface area (Å²) in [6, 6.07) is 5.46. The molecule has 9 nitrogen and oxygen atoms in total.